The quantitative estimate of drug-likeness (QED) is 0.838. The number of nitrogens with zero attached hydrogens (tertiary/aromatic N) is 1. The van der Waals surface area contributed by atoms with Crippen LogP contribution in [0.4, 0.5) is 5.69 Å². The second-order valence-electron chi connectivity index (χ2n) is 4.39. The fourth-order valence-corrected chi connectivity index (χ4v) is 1.79. The molecule has 1 aromatic carbocycles. The zero-order chi connectivity index (χ0) is 14.4. The van der Waals surface area contributed by atoms with Crippen LogP contribution in [0.1, 0.15) is 12.0 Å². The van der Waals surface area contributed by atoms with Crippen molar-refractivity contribution in [3.8, 4) is 0 Å². The fraction of sp³-hybridized carbons (Fsp3) is 0.385. The van der Waals surface area contributed by atoms with E-state index < -0.39 is 5.97 Å². The molecule has 0 heterocycles. The monoisotopic (exact) mass is 284 g/mol. The Kier molecular flexibility index (Phi) is 5.79. The summed E-state index contributed by atoms with van der Waals surface area (Å²) in [5.74, 6) is -1.06. The molecule has 0 aliphatic heterocycles. The number of nitrogens with one attached hydrogen (secondary N) is 1. The van der Waals surface area contributed by atoms with E-state index in [9.17, 15) is 9.59 Å². The van der Waals surface area contributed by atoms with Gasteiger partial charge in [0, 0.05) is 17.3 Å². The lowest BCUT2D eigenvalue weighted by Crippen LogP contribution is -2.31. The van der Waals surface area contributed by atoms with Gasteiger partial charge in [-0.05, 0) is 37.7 Å². The van der Waals surface area contributed by atoms with Crippen molar-refractivity contribution in [3.63, 3.8) is 0 Å². The van der Waals surface area contributed by atoms with Crippen LogP contribution >= 0.6 is 11.6 Å². The molecule has 6 heteroatoms. The molecule has 19 heavy (non-hydrogen) atoms. The summed E-state index contributed by atoms with van der Waals surface area (Å²) in [5.41, 5.74) is 1.59. The highest BCUT2D eigenvalue weighted by atomic mass is 35.5. The van der Waals surface area contributed by atoms with Crippen LogP contribution in [0.5, 0.6) is 0 Å². The number of hydrogen-bond acceptors (Lipinski definition) is 3. The van der Waals surface area contributed by atoms with Crippen LogP contribution in [-0.4, -0.2) is 42.0 Å². The van der Waals surface area contributed by atoms with E-state index in [1.807, 2.05) is 6.92 Å². The van der Waals surface area contributed by atoms with E-state index in [0.29, 0.717) is 17.3 Å². The van der Waals surface area contributed by atoms with Gasteiger partial charge in [-0.25, -0.2) is 0 Å². The first-order valence-electron chi connectivity index (χ1n) is 5.85. The standard InChI is InChI=1S/C13H17ClN2O3/c1-9-7-10(14)3-4-11(9)15-12(17)8-16(2)6-5-13(18)19/h3-4,7H,5-6,8H2,1-2H3,(H,15,17)(H,18,19). The second-order valence-corrected chi connectivity index (χ2v) is 4.83. The molecule has 0 bridgehead atoms. The molecular weight excluding hydrogens is 268 g/mol. The van der Waals surface area contributed by atoms with Crippen LogP contribution in [0.25, 0.3) is 0 Å². The van der Waals surface area contributed by atoms with Gasteiger partial charge in [0.1, 0.15) is 0 Å². The molecule has 0 aromatic heterocycles. The maximum absolute atomic E-state index is 11.8. The fourth-order valence-electron chi connectivity index (χ4n) is 1.57. The van der Waals surface area contributed by atoms with Gasteiger partial charge in [0.25, 0.3) is 0 Å². The largest absolute Gasteiger partial charge is 0.481 e. The molecule has 1 aromatic rings. The minimum atomic E-state index is -0.874. The van der Waals surface area contributed by atoms with Crippen LogP contribution in [0.15, 0.2) is 18.2 Å². The minimum absolute atomic E-state index is 0.0176. The van der Waals surface area contributed by atoms with Crippen molar-refractivity contribution < 1.29 is 14.7 Å². The molecule has 0 unspecified atom stereocenters. The molecule has 0 saturated carbocycles. The van der Waals surface area contributed by atoms with Gasteiger partial charge in [0.05, 0.1) is 13.0 Å². The van der Waals surface area contributed by atoms with Crippen LogP contribution in [-0.2, 0) is 9.59 Å². The molecule has 0 aliphatic carbocycles. The Bertz CT molecular complexity index is 477. The molecule has 0 saturated heterocycles. The van der Waals surface area contributed by atoms with Crippen molar-refractivity contribution in [3.05, 3.63) is 28.8 Å². The first kappa shape index (κ1) is 15.5. The van der Waals surface area contributed by atoms with E-state index in [1.54, 1.807) is 30.1 Å². The summed E-state index contributed by atoms with van der Waals surface area (Å²) < 4.78 is 0. The zero-order valence-corrected chi connectivity index (χ0v) is 11.7. The average molecular weight is 285 g/mol. The molecule has 0 fully saturated rings. The summed E-state index contributed by atoms with van der Waals surface area (Å²) in [4.78, 5) is 23.9. The summed E-state index contributed by atoms with van der Waals surface area (Å²) >= 11 is 5.83. The number of carbonyl (C=O) groups excluding carboxylic acids is 1. The Morgan fingerprint density at radius 3 is 2.68 bits per heavy atom. The summed E-state index contributed by atoms with van der Waals surface area (Å²) in [6, 6.07) is 5.22. The van der Waals surface area contributed by atoms with Crippen LogP contribution in [0.3, 0.4) is 0 Å². The predicted molar refractivity (Wildman–Crippen MR) is 74.6 cm³/mol. The van der Waals surface area contributed by atoms with E-state index in [1.165, 1.54) is 0 Å². The number of rotatable bonds is 6. The summed E-state index contributed by atoms with van der Waals surface area (Å²) in [6.45, 7) is 2.34. The maximum Gasteiger partial charge on any atom is 0.304 e. The number of aryl methyl sites for hydroxylation is 1. The van der Waals surface area contributed by atoms with Gasteiger partial charge in [-0.15, -0.1) is 0 Å². The highest BCUT2D eigenvalue weighted by molar-refractivity contribution is 6.30. The lowest BCUT2D eigenvalue weighted by molar-refractivity contribution is -0.137. The van der Waals surface area contributed by atoms with E-state index in [4.69, 9.17) is 16.7 Å². The molecule has 104 valence electrons. The van der Waals surface area contributed by atoms with Crippen molar-refractivity contribution in [2.45, 2.75) is 13.3 Å². The van der Waals surface area contributed by atoms with E-state index >= 15 is 0 Å². The Labute approximate surface area is 117 Å². The Morgan fingerprint density at radius 2 is 2.11 bits per heavy atom. The van der Waals surface area contributed by atoms with Gasteiger partial charge in [0.15, 0.2) is 0 Å². The number of likely N-dealkylation sites (N-methyl/N-ethyl adjacent to an activating group) is 1. The van der Waals surface area contributed by atoms with Gasteiger partial charge in [-0.1, -0.05) is 11.6 Å². The molecular formula is C13H17ClN2O3. The number of amides is 1. The number of halogens is 1. The zero-order valence-electron chi connectivity index (χ0n) is 10.9. The smallest absolute Gasteiger partial charge is 0.304 e. The third-order valence-corrected chi connectivity index (χ3v) is 2.82. The predicted octanol–water partition coefficient (Wildman–Crippen LogP) is 1.99. The van der Waals surface area contributed by atoms with Crippen LogP contribution in [0.2, 0.25) is 5.02 Å². The van der Waals surface area contributed by atoms with Gasteiger partial charge in [0.2, 0.25) is 5.91 Å². The first-order valence-corrected chi connectivity index (χ1v) is 6.22. The lowest BCUT2D eigenvalue weighted by atomic mass is 10.2. The summed E-state index contributed by atoms with van der Waals surface area (Å²) in [6.07, 6.45) is 0.0176. The number of aliphatic carboxylic acids is 1. The Balaban J connectivity index is 2.48. The van der Waals surface area contributed by atoms with Crippen LogP contribution in [0, 0.1) is 6.92 Å². The van der Waals surface area contributed by atoms with Crippen molar-refractivity contribution in [1.82, 2.24) is 4.90 Å². The summed E-state index contributed by atoms with van der Waals surface area (Å²) in [5, 5.41) is 11.9. The number of benzene rings is 1. The minimum Gasteiger partial charge on any atom is -0.481 e. The van der Waals surface area contributed by atoms with E-state index in [-0.39, 0.29) is 18.9 Å². The maximum atomic E-state index is 11.8. The molecule has 0 aliphatic rings. The van der Waals surface area contributed by atoms with Crippen molar-refractivity contribution in [2.75, 3.05) is 25.5 Å². The number of carbonyl (C=O) groups is 2. The Hall–Kier alpha value is -1.59. The molecule has 2 N–H and O–H groups in total. The topological polar surface area (TPSA) is 69.6 Å². The van der Waals surface area contributed by atoms with E-state index in [2.05, 4.69) is 5.32 Å². The third kappa shape index (κ3) is 5.72. The van der Waals surface area contributed by atoms with Crippen LogP contribution < -0.4 is 5.32 Å². The van der Waals surface area contributed by atoms with E-state index in [0.717, 1.165) is 5.56 Å². The SMILES string of the molecule is Cc1cc(Cl)ccc1NC(=O)CN(C)CCC(=O)O. The molecule has 5 nitrogen and oxygen atoms in total. The normalized spacial score (nSPS) is 10.5. The number of hydrogen-bond donors (Lipinski definition) is 2. The first-order chi connectivity index (χ1) is 8.88. The molecule has 1 rings (SSSR count). The highest BCUT2D eigenvalue weighted by Gasteiger charge is 2.09. The molecule has 0 spiro atoms. The number of carboxylic acids is 1. The number of anilines is 1. The van der Waals surface area contributed by atoms with Crippen molar-refractivity contribution in [2.24, 2.45) is 0 Å². The van der Waals surface area contributed by atoms with Gasteiger partial charge < -0.3 is 10.4 Å². The third-order valence-electron chi connectivity index (χ3n) is 2.58. The van der Waals surface area contributed by atoms with Crippen molar-refractivity contribution in [1.29, 1.82) is 0 Å². The Morgan fingerprint density at radius 1 is 1.42 bits per heavy atom. The van der Waals surface area contributed by atoms with Gasteiger partial charge >= 0.3 is 5.97 Å². The second kappa shape index (κ2) is 7.11. The molecule has 0 atom stereocenters. The lowest BCUT2D eigenvalue weighted by Gasteiger charge is -2.15. The highest BCUT2D eigenvalue weighted by Crippen LogP contribution is 2.19. The molecule has 0 radical (unpaired) electrons. The average Bonchev–Trinajstić information content (AvgIpc) is 2.30. The molecule has 1 amide bonds. The van der Waals surface area contributed by atoms with Gasteiger partial charge in [-0.3, -0.25) is 14.5 Å². The number of carboxylic acid groups (broad SMARTS) is 1. The van der Waals surface area contributed by atoms with Gasteiger partial charge in [-0.2, -0.15) is 0 Å². The summed E-state index contributed by atoms with van der Waals surface area (Å²) in [7, 11) is 1.71. The van der Waals surface area contributed by atoms with Crippen molar-refractivity contribution >= 4 is 29.2 Å².